The van der Waals surface area contributed by atoms with Crippen LogP contribution in [0.15, 0.2) is 36.4 Å². The molecule has 4 rings (SSSR count). The number of nitrogens with one attached hydrogen (secondary N) is 1. The van der Waals surface area contributed by atoms with Crippen molar-refractivity contribution in [3.63, 3.8) is 0 Å². The molecule has 0 radical (unpaired) electrons. The maximum atomic E-state index is 13.1. The average molecular weight is 484 g/mol. The number of hydrogen-bond donors (Lipinski definition) is 2. The highest BCUT2D eigenvalue weighted by Gasteiger charge is 2.37. The first-order chi connectivity index (χ1) is 16.8. The zero-order valence-electron chi connectivity index (χ0n) is 19.1. The van der Waals surface area contributed by atoms with E-state index in [9.17, 15) is 23.6 Å². The smallest absolute Gasteiger partial charge is 0.305 e. The molecular weight excluding hydrogens is 459 g/mol. The van der Waals surface area contributed by atoms with Crippen molar-refractivity contribution in [1.82, 2.24) is 10.2 Å². The fourth-order valence-electron chi connectivity index (χ4n) is 4.33. The van der Waals surface area contributed by atoms with Crippen molar-refractivity contribution >= 4 is 23.6 Å². The molecule has 2 aliphatic heterocycles. The number of carboxylic acids is 1. The number of hydrogen-bond acceptors (Lipinski definition) is 6. The van der Waals surface area contributed by atoms with Gasteiger partial charge < -0.3 is 24.8 Å². The maximum Gasteiger partial charge on any atom is 0.305 e. The second-order valence-electron chi connectivity index (χ2n) is 8.35. The Morgan fingerprint density at radius 2 is 1.77 bits per heavy atom. The lowest BCUT2D eigenvalue weighted by Crippen LogP contribution is -2.52. The molecular formula is C25H25FN2O7. The van der Waals surface area contributed by atoms with Crippen molar-refractivity contribution in [1.29, 1.82) is 0 Å². The zero-order chi connectivity index (χ0) is 25.1. The number of carbonyl (C=O) groups is 4. The third kappa shape index (κ3) is 4.96. The van der Waals surface area contributed by atoms with E-state index in [0.29, 0.717) is 30.3 Å². The summed E-state index contributed by atoms with van der Waals surface area (Å²) >= 11 is 0. The molecule has 2 aromatic rings. The van der Waals surface area contributed by atoms with Crippen molar-refractivity contribution in [2.45, 2.75) is 38.4 Å². The molecule has 0 saturated heterocycles. The summed E-state index contributed by atoms with van der Waals surface area (Å²) in [6, 6.07) is 8.55. The van der Waals surface area contributed by atoms with Crippen LogP contribution in [0.3, 0.4) is 0 Å². The number of benzene rings is 2. The van der Waals surface area contributed by atoms with Gasteiger partial charge in [0.2, 0.25) is 5.91 Å². The molecule has 184 valence electrons. The summed E-state index contributed by atoms with van der Waals surface area (Å²) in [5.41, 5.74) is 2.94. The maximum absolute atomic E-state index is 13.1. The molecule has 2 aromatic carbocycles. The van der Waals surface area contributed by atoms with E-state index in [1.54, 1.807) is 13.0 Å². The number of rotatable bonds is 9. The normalized spacial score (nSPS) is 15.8. The van der Waals surface area contributed by atoms with E-state index in [-0.39, 0.29) is 18.9 Å². The largest absolute Gasteiger partial charge is 0.486 e. The molecule has 2 heterocycles. The molecule has 0 saturated carbocycles. The Morgan fingerprint density at radius 1 is 1.09 bits per heavy atom. The monoisotopic (exact) mass is 484 g/mol. The minimum atomic E-state index is -1.50. The predicted octanol–water partition coefficient (Wildman–Crippen LogP) is 2.36. The molecule has 9 nitrogen and oxygen atoms in total. The van der Waals surface area contributed by atoms with Crippen LogP contribution in [0.5, 0.6) is 11.5 Å². The van der Waals surface area contributed by atoms with Gasteiger partial charge in [-0.05, 0) is 47.4 Å². The molecule has 0 fully saturated rings. The number of carbonyl (C=O) groups excluding carboxylic acids is 3. The Labute approximate surface area is 200 Å². The van der Waals surface area contributed by atoms with Gasteiger partial charge in [0, 0.05) is 12.1 Å². The van der Waals surface area contributed by atoms with Gasteiger partial charge in [0.25, 0.3) is 5.91 Å². The second-order valence-corrected chi connectivity index (χ2v) is 8.35. The van der Waals surface area contributed by atoms with E-state index in [1.165, 1.54) is 4.90 Å². The predicted molar refractivity (Wildman–Crippen MR) is 122 cm³/mol. The Bertz CT molecular complexity index is 1180. The van der Waals surface area contributed by atoms with Crippen molar-refractivity contribution in [3.05, 3.63) is 47.5 Å². The molecule has 2 N–H and O–H groups in total. The van der Waals surface area contributed by atoms with E-state index in [1.807, 2.05) is 30.3 Å². The molecule has 35 heavy (non-hydrogen) atoms. The second kappa shape index (κ2) is 10.1. The highest BCUT2D eigenvalue weighted by atomic mass is 19.1. The van der Waals surface area contributed by atoms with Gasteiger partial charge in [-0.1, -0.05) is 19.1 Å². The molecule has 10 heteroatoms. The Kier molecular flexibility index (Phi) is 6.99. The van der Waals surface area contributed by atoms with Crippen LogP contribution in [-0.2, 0) is 20.9 Å². The van der Waals surface area contributed by atoms with Crippen LogP contribution in [0, 0.1) is 0 Å². The lowest BCUT2D eigenvalue weighted by molar-refractivity contribution is -0.140. The van der Waals surface area contributed by atoms with Gasteiger partial charge in [0.15, 0.2) is 17.3 Å². The molecule has 1 unspecified atom stereocenters. The molecule has 2 amide bonds. The van der Waals surface area contributed by atoms with Crippen LogP contribution in [0.25, 0.3) is 11.1 Å². The van der Waals surface area contributed by atoms with E-state index in [2.05, 4.69) is 5.32 Å². The van der Waals surface area contributed by atoms with Gasteiger partial charge in [-0.25, -0.2) is 4.39 Å². The number of nitrogens with zero attached hydrogens (tertiary/aromatic N) is 1. The van der Waals surface area contributed by atoms with E-state index in [4.69, 9.17) is 14.6 Å². The minimum Gasteiger partial charge on any atom is -0.486 e. The number of ether oxygens (including phenoxy) is 2. The molecule has 2 atom stereocenters. The fraction of sp³-hybridized carbons (Fsp3) is 0.360. The van der Waals surface area contributed by atoms with E-state index >= 15 is 0 Å². The first-order valence-corrected chi connectivity index (χ1v) is 11.3. The number of aliphatic carboxylic acids is 1. The number of ketones is 1. The van der Waals surface area contributed by atoms with Crippen molar-refractivity contribution < 1.29 is 38.1 Å². The first kappa shape index (κ1) is 24.2. The van der Waals surface area contributed by atoms with Gasteiger partial charge in [-0.3, -0.25) is 19.2 Å². The Hall–Kier alpha value is -3.95. The highest BCUT2D eigenvalue weighted by Crippen LogP contribution is 2.36. The topological polar surface area (TPSA) is 122 Å². The average Bonchev–Trinajstić information content (AvgIpc) is 3.18. The quantitative estimate of drug-likeness (QED) is 0.560. The number of halogens is 1. The molecule has 0 aliphatic carbocycles. The first-order valence-electron chi connectivity index (χ1n) is 11.3. The Morgan fingerprint density at radius 3 is 2.46 bits per heavy atom. The summed E-state index contributed by atoms with van der Waals surface area (Å²) in [4.78, 5) is 50.2. The third-order valence-corrected chi connectivity index (χ3v) is 6.09. The third-order valence-electron chi connectivity index (χ3n) is 6.09. The summed E-state index contributed by atoms with van der Waals surface area (Å²) in [7, 11) is 0. The molecule has 2 aliphatic rings. The van der Waals surface area contributed by atoms with Crippen LogP contribution in [0.4, 0.5) is 4.39 Å². The van der Waals surface area contributed by atoms with Crippen LogP contribution in [-0.4, -0.2) is 65.5 Å². The lowest BCUT2D eigenvalue weighted by Gasteiger charge is -2.27. The molecule has 0 spiro atoms. The van der Waals surface area contributed by atoms with Gasteiger partial charge in [-0.15, -0.1) is 0 Å². The fourth-order valence-corrected chi connectivity index (χ4v) is 4.33. The summed E-state index contributed by atoms with van der Waals surface area (Å²) in [5.74, 6) is -2.10. The summed E-state index contributed by atoms with van der Waals surface area (Å²) in [5, 5.41) is 11.3. The van der Waals surface area contributed by atoms with Gasteiger partial charge in [0.1, 0.15) is 32.0 Å². The zero-order valence-corrected chi connectivity index (χ0v) is 19.1. The highest BCUT2D eigenvalue weighted by molar-refractivity contribution is 6.02. The number of alkyl halides is 1. The van der Waals surface area contributed by atoms with Crippen molar-refractivity contribution in [2.24, 2.45) is 0 Å². The SMILES string of the molecule is CC[C@@H](C(=O)NC(CC(=O)O)C(=O)CF)N1Cc2cc(-c3ccc4c(c3)OCCO4)ccc2C1=O. The standard InChI is InChI=1S/C25H25FN2O7/c1-2-19(24(32)27-18(11-23(30)31)20(29)12-26)28-13-16-9-14(3-5-17(16)25(28)33)15-4-6-21-22(10-15)35-8-7-34-21/h3-6,9-10,18-19H,2,7-8,11-13H2,1H3,(H,27,32)(H,30,31)/t18?,19-/m0/s1. The minimum absolute atomic E-state index is 0.166. The van der Waals surface area contributed by atoms with Crippen molar-refractivity contribution in [2.75, 3.05) is 19.9 Å². The van der Waals surface area contributed by atoms with E-state index < -0.39 is 42.8 Å². The summed E-state index contributed by atoms with van der Waals surface area (Å²) in [6.45, 7) is 1.43. The van der Waals surface area contributed by atoms with Crippen LogP contribution >= 0.6 is 0 Å². The number of fused-ring (bicyclic) bond motifs is 2. The van der Waals surface area contributed by atoms with Crippen LogP contribution in [0.1, 0.15) is 35.7 Å². The Balaban J connectivity index is 1.53. The summed E-state index contributed by atoms with van der Waals surface area (Å²) < 4.78 is 24.1. The lowest BCUT2D eigenvalue weighted by atomic mass is 10.00. The number of amides is 2. The van der Waals surface area contributed by atoms with Gasteiger partial charge >= 0.3 is 5.97 Å². The van der Waals surface area contributed by atoms with Crippen LogP contribution < -0.4 is 14.8 Å². The van der Waals surface area contributed by atoms with Gasteiger partial charge in [0.05, 0.1) is 6.42 Å². The van der Waals surface area contributed by atoms with E-state index in [0.717, 1.165) is 16.7 Å². The van der Waals surface area contributed by atoms with Crippen molar-refractivity contribution in [3.8, 4) is 22.6 Å². The number of Topliss-reactive ketones (excluding diaryl/α,β-unsaturated/α-hetero) is 1. The van der Waals surface area contributed by atoms with Gasteiger partial charge in [-0.2, -0.15) is 0 Å². The molecule has 0 aromatic heterocycles. The summed E-state index contributed by atoms with van der Waals surface area (Å²) in [6.07, 6.45) is -0.512. The number of carboxylic acid groups (broad SMARTS) is 1. The van der Waals surface area contributed by atoms with Crippen LogP contribution in [0.2, 0.25) is 0 Å². The molecule has 0 bridgehead atoms.